The van der Waals surface area contributed by atoms with Crippen LogP contribution in [0.5, 0.6) is 0 Å². The van der Waals surface area contributed by atoms with Crippen LogP contribution < -0.4 is 0 Å². The molecule has 3 aromatic heterocycles. The number of carbonyl (C=O) groups is 1. The maximum atomic E-state index is 13.2. The Kier molecular flexibility index (Phi) is 6.05. The second kappa shape index (κ2) is 8.94. The molecule has 10 heteroatoms. The summed E-state index contributed by atoms with van der Waals surface area (Å²) in [5.74, 6) is -0.212. The van der Waals surface area contributed by atoms with Crippen LogP contribution in [-0.4, -0.2) is 43.8 Å². The summed E-state index contributed by atoms with van der Waals surface area (Å²) in [5.41, 5.74) is 0.191. The summed E-state index contributed by atoms with van der Waals surface area (Å²) in [6, 6.07) is 9.64. The van der Waals surface area contributed by atoms with E-state index in [0.29, 0.717) is 48.6 Å². The first kappa shape index (κ1) is 22.3. The fourth-order valence-corrected chi connectivity index (χ4v) is 3.89. The lowest BCUT2D eigenvalue weighted by molar-refractivity contribution is -0.137. The highest BCUT2D eigenvalue weighted by atomic mass is 19.4. The molecule has 3 aromatic rings. The molecular weight excluding hydrogens is 433 g/mol. The van der Waals surface area contributed by atoms with Gasteiger partial charge in [0.1, 0.15) is 12.0 Å². The van der Waals surface area contributed by atoms with Gasteiger partial charge in [0.05, 0.1) is 28.3 Å². The van der Waals surface area contributed by atoms with Crippen molar-refractivity contribution >= 4 is 5.91 Å². The van der Waals surface area contributed by atoms with Gasteiger partial charge in [-0.2, -0.15) is 18.4 Å². The molecule has 1 saturated heterocycles. The highest BCUT2D eigenvalue weighted by Crippen LogP contribution is 2.36. The number of pyridine rings is 2. The third kappa shape index (κ3) is 4.82. The van der Waals surface area contributed by atoms with Gasteiger partial charge in [0.15, 0.2) is 0 Å². The van der Waals surface area contributed by atoms with Crippen LogP contribution >= 0.6 is 0 Å². The Hall–Kier alpha value is -3.87. The van der Waals surface area contributed by atoms with E-state index in [9.17, 15) is 23.2 Å². The first-order chi connectivity index (χ1) is 15.8. The molecule has 0 spiro atoms. The molecule has 1 aliphatic rings. The summed E-state index contributed by atoms with van der Waals surface area (Å²) in [6.45, 7) is 0.677. The maximum Gasteiger partial charge on any atom is 0.417 e. The van der Waals surface area contributed by atoms with Gasteiger partial charge in [-0.05, 0) is 43.2 Å². The van der Waals surface area contributed by atoms with Crippen LogP contribution in [0.3, 0.4) is 0 Å². The highest BCUT2D eigenvalue weighted by Gasteiger charge is 2.38. The second-order valence-electron chi connectivity index (χ2n) is 7.89. The van der Waals surface area contributed by atoms with Crippen molar-refractivity contribution in [2.75, 3.05) is 13.1 Å². The Bertz CT molecular complexity index is 1170. The Labute approximate surface area is 188 Å². The molecule has 1 amide bonds. The minimum atomic E-state index is -4.46. The van der Waals surface area contributed by atoms with Crippen LogP contribution in [0.1, 0.15) is 34.5 Å². The quantitative estimate of drug-likeness (QED) is 0.595. The third-order valence-corrected chi connectivity index (χ3v) is 5.78. The van der Waals surface area contributed by atoms with Gasteiger partial charge in [-0.15, -0.1) is 0 Å². The minimum absolute atomic E-state index is 0.212. The summed E-state index contributed by atoms with van der Waals surface area (Å²) in [5, 5.41) is 9.84. The molecule has 0 atom stereocenters. The number of hydrogen-bond donors (Lipinski definition) is 0. The van der Waals surface area contributed by atoms with Crippen molar-refractivity contribution in [2.45, 2.75) is 25.4 Å². The lowest BCUT2D eigenvalue weighted by atomic mass is 9.76. The van der Waals surface area contributed by atoms with Crippen LogP contribution in [0.25, 0.3) is 11.4 Å². The van der Waals surface area contributed by atoms with E-state index in [1.807, 2.05) is 0 Å². The highest BCUT2D eigenvalue weighted by molar-refractivity contribution is 5.99. The second-order valence-corrected chi connectivity index (χ2v) is 7.89. The van der Waals surface area contributed by atoms with Gasteiger partial charge in [0.25, 0.3) is 5.91 Å². The van der Waals surface area contributed by atoms with Crippen molar-refractivity contribution in [3.8, 4) is 17.5 Å². The van der Waals surface area contributed by atoms with E-state index in [4.69, 9.17) is 0 Å². The molecule has 0 saturated carbocycles. The maximum absolute atomic E-state index is 13.2. The number of amides is 1. The Morgan fingerprint density at radius 2 is 1.88 bits per heavy atom. The number of piperidine rings is 1. The first-order valence-electron chi connectivity index (χ1n) is 10.3. The molecular formula is C23H19F3N6O. The van der Waals surface area contributed by atoms with Crippen LogP contribution in [0.15, 0.2) is 55.2 Å². The molecule has 4 rings (SSSR count). The number of rotatable bonds is 4. The average Bonchev–Trinajstić information content (AvgIpc) is 2.84. The standard InChI is InChI=1S/C23H19F3N6O/c24-23(25,26)16-3-4-17(30-13-16)12-22(14-27)6-10-32(11-7-22)21(33)18-2-1-8-29-20(18)19-5-9-28-15-31-19/h1-5,8-9,13,15H,6-7,10-12H2. The molecule has 0 aliphatic carbocycles. The van der Waals surface area contributed by atoms with Crippen molar-refractivity contribution in [2.24, 2.45) is 5.41 Å². The van der Waals surface area contributed by atoms with Gasteiger partial charge in [-0.25, -0.2) is 9.97 Å². The molecule has 1 aliphatic heterocycles. The number of nitrogens with zero attached hydrogens (tertiary/aromatic N) is 6. The number of aromatic nitrogens is 4. The molecule has 33 heavy (non-hydrogen) atoms. The molecule has 0 aromatic carbocycles. The minimum Gasteiger partial charge on any atom is -0.338 e. The van der Waals surface area contributed by atoms with E-state index in [-0.39, 0.29) is 12.3 Å². The largest absolute Gasteiger partial charge is 0.417 e. The third-order valence-electron chi connectivity index (χ3n) is 5.78. The van der Waals surface area contributed by atoms with Crippen molar-refractivity contribution < 1.29 is 18.0 Å². The molecule has 0 unspecified atom stereocenters. The Balaban J connectivity index is 1.47. The van der Waals surface area contributed by atoms with Gasteiger partial charge in [0.2, 0.25) is 0 Å². The number of halogens is 3. The zero-order valence-electron chi connectivity index (χ0n) is 17.5. The molecule has 1 fully saturated rings. The van der Waals surface area contributed by atoms with E-state index in [0.717, 1.165) is 12.3 Å². The number of carbonyl (C=O) groups excluding carboxylic acids is 1. The molecule has 7 nitrogen and oxygen atoms in total. The number of nitriles is 1. The molecule has 0 N–H and O–H groups in total. The van der Waals surface area contributed by atoms with Crippen molar-refractivity contribution in [1.82, 2.24) is 24.8 Å². The van der Waals surface area contributed by atoms with Gasteiger partial charge in [-0.1, -0.05) is 0 Å². The summed E-state index contributed by atoms with van der Waals surface area (Å²) >= 11 is 0. The predicted octanol–water partition coefficient (Wildman–Crippen LogP) is 3.94. The average molecular weight is 452 g/mol. The number of alkyl halides is 3. The van der Waals surface area contributed by atoms with Crippen LogP contribution in [0.4, 0.5) is 13.2 Å². The van der Waals surface area contributed by atoms with E-state index >= 15 is 0 Å². The summed E-state index contributed by atoms with van der Waals surface area (Å²) in [7, 11) is 0. The Morgan fingerprint density at radius 1 is 1.09 bits per heavy atom. The van der Waals surface area contributed by atoms with Crippen LogP contribution in [0.2, 0.25) is 0 Å². The Morgan fingerprint density at radius 3 is 2.48 bits per heavy atom. The monoisotopic (exact) mass is 452 g/mol. The van der Waals surface area contributed by atoms with Crippen LogP contribution in [0, 0.1) is 16.7 Å². The zero-order chi connectivity index (χ0) is 23.5. The molecule has 4 heterocycles. The van der Waals surface area contributed by atoms with Gasteiger partial charge >= 0.3 is 6.18 Å². The zero-order valence-corrected chi connectivity index (χ0v) is 17.5. The fraction of sp³-hybridized carbons (Fsp3) is 0.304. The van der Waals surface area contributed by atoms with E-state index in [1.165, 1.54) is 12.4 Å². The van der Waals surface area contributed by atoms with Crippen molar-refractivity contribution in [1.29, 1.82) is 5.26 Å². The molecule has 0 bridgehead atoms. The summed E-state index contributed by atoms with van der Waals surface area (Å²) < 4.78 is 38.3. The van der Waals surface area contributed by atoms with E-state index in [1.54, 1.807) is 35.5 Å². The van der Waals surface area contributed by atoms with E-state index < -0.39 is 17.2 Å². The smallest absolute Gasteiger partial charge is 0.338 e. The summed E-state index contributed by atoms with van der Waals surface area (Å²) in [4.78, 5) is 31.2. The van der Waals surface area contributed by atoms with Gasteiger partial charge in [0, 0.05) is 43.8 Å². The van der Waals surface area contributed by atoms with Crippen molar-refractivity contribution in [3.05, 3.63) is 72.1 Å². The van der Waals surface area contributed by atoms with Crippen molar-refractivity contribution in [3.63, 3.8) is 0 Å². The predicted molar refractivity (Wildman–Crippen MR) is 111 cm³/mol. The summed E-state index contributed by atoms with van der Waals surface area (Å²) in [6.07, 6.45) is 1.88. The lowest BCUT2D eigenvalue weighted by Gasteiger charge is -2.37. The lowest BCUT2D eigenvalue weighted by Crippen LogP contribution is -2.43. The normalized spacial score (nSPS) is 15.6. The van der Waals surface area contributed by atoms with Gasteiger partial charge in [-0.3, -0.25) is 14.8 Å². The number of hydrogen-bond acceptors (Lipinski definition) is 6. The SMILES string of the molecule is N#CC1(Cc2ccc(C(F)(F)F)cn2)CCN(C(=O)c2cccnc2-c2ccncn2)CC1. The van der Waals surface area contributed by atoms with E-state index in [2.05, 4.69) is 26.0 Å². The molecule has 0 radical (unpaired) electrons. The van der Waals surface area contributed by atoms with Gasteiger partial charge < -0.3 is 4.90 Å². The molecule has 168 valence electrons. The fourth-order valence-electron chi connectivity index (χ4n) is 3.89. The number of likely N-dealkylation sites (tertiary alicyclic amines) is 1. The van der Waals surface area contributed by atoms with Crippen LogP contribution in [-0.2, 0) is 12.6 Å². The first-order valence-corrected chi connectivity index (χ1v) is 10.3. The topological polar surface area (TPSA) is 95.7 Å².